The molecule has 1 saturated heterocycles. The van der Waals surface area contributed by atoms with E-state index in [0.29, 0.717) is 19.8 Å². The fraction of sp³-hybridized carbons (Fsp3) is 0.533. The van der Waals surface area contributed by atoms with Crippen LogP contribution < -0.4 is 15.4 Å². The topological polar surface area (TPSA) is 59.6 Å². The Hall–Kier alpha value is -1.59. The van der Waals surface area contributed by atoms with Crippen molar-refractivity contribution in [3.05, 3.63) is 29.8 Å². The highest BCUT2D eigenvalue weighted by molar-refractivity contribution is 5.81. The quantitative estimate of drug-likeness (QED) is 0.817. The average molecular weight is 278 g/mol. The summed E-state index contributed by atoms with van der Waals surface area (Å²) in [6.07, 6.45) is 0.994. The van der Waals surface area contributed by atoms with E-state index in [4.69, 9.17) is 9.47 Å². The van der Waals surface area contributed by atoms with E-state index in [9.17, 15) is 4.79 Å². The van der Waals surface area contributed by atoms with Gasteiger partial charge in [0.25, 0.3) is 0 Å². The van der Waals surface area contributed by atoms with Gasteiger partial charge in [-0.2, -0.15) is 0 Å². The Labute approximate surface area is 119 Å². The van der Waals surface area contributed by atoms with E-state index >= 15 is 0 Å². The monoisotopic (exact) mass is 278 g/mol. The van der Waals surface area contributed by atoms with Gasteiger partial charge in [0.2, 0.25) is 5.91 Å². The van der Waals surface area contributed by atoms with Gasteiger partial charge in [-0.3, -0.25) is 4.79 Å². The molecule has 0 spiro atoms. The molecule has 1 fully saturated rings. The summed E-state index contributed by atoms with van der Waals surface area (Å²) in [4.78, 5) is 11.9. The van der Waals surface area contributed by atoms with E-state index in [-0.39, 0.29) is 11.9 Å². The van der Waals surface area contributed by atoms with Gasteiger partial charge in [0.1, 0.15) is 11.8 Å². The van der Waals surface area contributed by atoms with E-state index in [1.807, 2.05) is 24.3 Å². The molecule has 110 valence electrons. The molecule has 1 aliphatic heterocycles. The van der Waals surface area contributed by atoms with Gasteiger partial charge in [-0.15, -0.1) is 0 Å². The van der Waals surface area contributed by atoms with Crippen LogP contribution in [0.2, 0.25) is 0 Å². The minimum Gasteiger partial charge on any atom is -0.494 e. The van der Waals surface area contributed by atoms with Gasteiger partial charge in [-0.1, -0.05) is 19.1 Å². The summed E-state index contributed by atoms with van der Waals surface area (Å²) >= 11 is 0. The van der Waals surface area contributed by atoms with Gasteiger partial charge >= 0.3 is 0 Å². The van der Waals surface area contributed by atoms with Crippen molar-refractivity contribution in [1.82, 2.24) is 10.6 Å². The third-order valence-electron chi connectivity index (χ3n) is 3.10. The normalized spacial score (nSPS) is 18.6. The minimum absolute atomic E-state index is 0.0176. The largest absolute Gasteiger partial charge is 0.494 e. The van der Waals surface area contributed by atoms with Crippen LogP contribution in [0.4, 0.5) is 0 Å². The maximum Gasteiger partial charge on any atom is 0.239 e. The van der Waals surface area contributed by atoms with Gasteiger partial charge < -0.3 is 20.1 Å². The average Bonchev–Trinajstić information content (AvgIpc) is 2.52. The maximum absolute atomic E-state index is 11.9. The lowest BCUT2D eigenvalue weighted by Gasteiger charge is -2.22. The van der Waals surface area contributed by atoms with Gasteiger partial charge in [0, 0.05) is 13.1 Å². The van der Waals surface area contributed by atoms with Gasteiger partial charge in [-0.25, -0.2) is 0 Å². The molecule has 2 N–H and O–H groups in total. The van der Waals surface area contributed by atoms with E-state index in [1.54, 1.807) is 0 Å². The Morgan fingerprint density at radius 3 is 2.90 bits per heavy atom. The minimum atomic E-state index is -0.240. The number of nitrogens with one attached hydrogen (secondary N) is 2. The molecule has 1 heterocycles. The highest BCUT2D eigenvalue weighted by Gasteiger charge is 2.20. The summed E-state index contributed by atoms with van der Waals surface area (Å²) in [7, 11) is 0. The van der Waals surface area contributed by atoms with Crippen molar-refractivity contribution in [3.8, 4) is 5.75 Å². The van der Waals surface area contributed by atoms with Crippen LogP contribution in [0.3, 0.4) is 0 Å². The Bertz CT molecular complexity index is 414. The van der Waals surface area contributed by atoms with E-state index in [1.165, 1.54) is 0 Å². The molecule has 2 rings (SSSR count). The molecule has 1 aromatic carbocycles. The molecule has 0 aliphatic carbocycles. The maximum atomic E-state index is 11.9. The number of amides is 1. The zero-order valence-electron chi connectivity index (χ0n) is 11.9. The van der Waals surface area contributed by atoms with Crippen LogP contribution in [0.1, 0.15) is 18.9 Å². The van der Waals surface area contributed by atoms with Crippen LogP contribution in [-0.4, -0.2) is 38.3 Å². The summed E-state index contributed by atoms with van der Waals surface area (Å²) in [5.74, 6) is 0.847. The van der Waals surface area contributed by atoms with Gasteiger partial charge in [-0.05, 0) is 24.1 Å². The lowest BCUT2D eigenvalue weighted by molar-refractivity contribution is -0.126. The standard InChI is InChI=1S/C15H22N2O3/c1-2-8-20-13-5-3-12(4-6-13)10-17-15(18)14-11-19-9-7-16-14/h3-6,14,16H,2,7-11H2,1H3,(H,17,18). The van der Waals surface area contributed by atoms with Crippen LogP contribution in [0.15, 0.2) is 24.3 Å². The van der Waals surface area contributed by atoms with Crippen molar-refractivity contribution < 1.29 is 14.3 Å². The van der Waals surface area contributed by atoms with Crippen molar-refractivity contribution in [3.63, 3.8) is 0 Å². The number of hydrogen-bond donors (Lipinski definition) is 2. The second-order valence-corrected chi connectivity index (χ2v) is 4.79. The first kappa shape index (κ1) is 14.8. The molecule has 1 amide bonds. The summed E-state index contributed by atoms with van der Waals surface area (Å²) in [6, 6.07) is 7.56. The summed E-state index contributed by atoms with van der Waals surface area (Å²) in [5, 5.41) is 6.04. The first-order chi connectivity index (χ1) is 9.79. The highest BCUT2D eigenvalue weighted by atomic mass is 16.5. The lowest BCUT2D eigenvalue weighted by atomic mass is 10.2. The third-order valence-corrected chi connectivity index (χ3v) is 3.10. The van der Waals surface area contributed by atoms with Crippen LogP contribution in [0.5, 0.6) is 5.75 Å². The van der Waals surface area contributed by atoms with Crippen molar-refractivity contribution in [1.29, 1.82) is 0 Å². The van der Waals surface area contributed by atoms with E-state index in [2.05, 4.69) is 17.6 Å². The molecular formula is C15H22N2O3. The molecule has 0 bridgehead atoms. The summed E-state index contributed by atoms with van der Waals surface area (Å²) < 4.78 is 10.8. The number of hydrogen-bond acceptors (Lipinski definition) is 4. The molecule has 5 heteroatoms. The molecule has 5 nitrogen and oxygen atoms in total. The summed E-state index contributed by atoms with van der Waals surface area (Å²) in [6.45, 7) is 5.15. The SMILES string of the molecule is CCCOc1ccc(CNC(=O)C2COCCN2)cc1. The number of benzene rings is 1. The molecule has 20 heavy (non-hydrogen) atoms. The fourth-order valence-corrected chi connectivity index (χ4v) is 1.97. The van der Waals surface area contributed by atoms with E-state index in [0.717, 1.165) is 30.9 Å². The van der Waals surface area contributed by atoms with Crippen LogP contribution in [-0.2, 0) is 16.1 Å². The van der Waals surface area contributed by atoms with Crippen molar-refractivity contribution in [2.75, 3.05) is 26.4 Å². The molecule has 1 aliphatic rings. The van der Waals surface area contributed by atoms with E-state index < -0.39 is 0 Å². The molecular weight excluding hydrogens is 256 g/mol. The number of ether oxygens (including phenoxy) is 2. The zero-order chi connectivity index (χ0) is 14.2. The molecule has 1 atom stereocenters. The molecule has 0 aromatic heterocycles. The predicted octanol–water partition coefficient (Wildman–Crippen LogP) is 1.08. The number of carbonyl (C=O) groups is 1. The Morgan fingerprint density at radius 2 is 2.25 bits per heavy atom. The number of carbonyl (C=O) groups excluding carboxylic acids is 1. The molecule has 0 saturated carbocycles. The molecule has 1 unspecified atom stereocenters. The van der Waals surface area contributed by atoms with Gasteiger partial charge in [0.05, 0.1) is 19.8 Å². The van der Waals surface area contributed by atoms with Crippen LogP contribution in [0, 0.1) is 0 Å². The highest BCUT2D eigenvalue weighted by Crippen LogP contribution is 2.12. The van der Waals surface area contributed by atoms with Crippen LogP contribution in [0.25, 0.3) is 0 Å². The third kappa shape index (κ3) is 4.51. The predicted molar refractivity (Wildman–Crippen MR) is 76.7 cm³/mol. The first-order valence-corrected chi connectivity index (χ1v) is 7.10. The summed E-state index contributed by atoms with van der Waals surface area (Å²) in [5.41, 5.74) is 1.05. The second kappa shape index (κ2) is 7.87. The smallest absolute Gasteiger partial charge is 0.239 e. The number of rotatable bonds is 6. The Balaban J connectivity index is 1.76. The zero-order valence-corrected chi connectivity index (χ0v) is 11.9. The van der Waals surface area contributed by atoms with Crippen LogP contribution >= 0.6 is 0 Å². The van der Waals surface area contributed by atoms with Crippen molar-refractivity contribution in [2.24, 2.45) is 0 Å². The van der Waals surface area contributed by atoms with Crippen molar-refractivity contribution in [2.45, 2.75) is 25.9 Å². The fourth-order valence-electron chi connectivity index (χ4n) is 1.97. The molecule has 1 aromatic rings. The molecule has 0 radical (unpaired) electrons. The first-order valence-electron chi connectivity index (χ1n) is 7.10. The van der Waals surface area contributed by atoms with Crippen molar-refractivity contribution >= 4 is 5.91 Å². The Morgan fingerprint density at radius 1 is 1.45 bits per heavy atom. The second-order valence-electron chi connectivity index (χ2n) is 4.79. The lowest BCUT2D eigenvalue weighted by Crippen LogP contribution is -2.51. The number of morpholine rings is 1. The Kier molecular flexibility index (Phi) is 5.83. The van der Waals surface area contributed by atoms with Gasteiger partial charge in [0.15, 0.2) is 0 Å².